The van der Waals surface area contributed by atoms with Gasteiger partial charge in [0.05, 0.1) is 0 Å². The third-order valence-electron chi connectivity index (χ3n) is 3.16. The lowest BCUT2D eigenvalue weighted by molar-refractivity contribution is -0.116. The maximum absolute atomic E-state index is 12.0. The number of nitrogens with zero attached hydrogens (tertiary/aromatic N) is 3. The highest BCUT2D eigenvalue weighted by Crippen LogP contribution is 2.20. The van der Waals surface area contributed by atoms with Gasteiger partial charge < -0.3 is 15.2 Å². The van der Waals surface area contributed by atoms with Crippen LogP contribution in [-0.4, -0.2) is 33.3 Å². The molecule has 0 aliphatic rings. The third-order valence-corrected chi connectivity index (χ3v) is 3.16. The Morgan fingerprint density at radius 2 is 2.24 bits per heavy atom. The lowest BCUT2D eigenvalue weighted by Crippen LogP contribution is -2.30. The van der Waals surface area contributed by atoms with E-state index in [2.05, 4.69) is 20.8 Å². The van der Waals surface area contributed by atoms with Crippen molar-refractivity contribution in [3.05, 3.63) is 30.6 Å². The van der Waals surface area contributed by atoms with Crippen molar-refractivity contribution in [2.24, 2.45) is 7.05 Å². The summed E-state index contributed by atoms with van der Waals surface area (Å²) < 4.78 is 1.84. The molecule has 0 saturated heterocycles. The molecule has 0 saturated carbocycles. The second-order valence-corrected chi connectivity index (χ2v) is 5.06. The molecule has 0 radical (unpaired) electrons. The van der Waals surface area contributed by atoms with E-state index < -0.39 is 0 Å². The van der Waals surface area contributed by atoms with Gasteiger partial charge in [-0.15, -0.1) is 10.2 Å². The van der Waals surface area contributed by atoms with Crippen LogP contribution in [0, 0.1) is 0 Å². The Morgan fingerprint density at radius 1 is 1.43 bits per heavy atom. The number of aryl methyl sites for hydroxylation is 1. The van der Waals surface area contributed by atoms with Gasteiger partial charge in [0.15, 0.2) is 5.82 Å². The average molecular weight is 287 g/mol. The van der Waals surface area contributed by atoms with Gasteiger partial charge in [-0.3, -0.25) is 4.79 Å². The standard InChI is InChI=1S/C15H21N5O/c1-4-16-11(2)8-14(21)18-13-7-5-6-12(9-13)15-19-17-10-20(15)3/h5-7,9-11,16H,4,8H2,1-3H3,(H,18,21). The second kappa shape index (κ2) is 6.99. The topological polar surface area (TPSA) is 71.8 Å². The van der Waals surface area contributed by atoms with Crippen LogP contribution in [0.25, 0.3) is 11.4 Å². The minimum absolute atomic E-state index is 0.00133. The van der Waals surface area contributed by atoms with Crippen molar-refractivity contribution in [1.82, 2.24) is 20.1 Å². The zero-order valence-corrected chi connectivity index (χ0v) is 12.6. The molecule has 0 aliphatic carbocycles. The predicted octanol–water partition coefficient (Wildman–Crippen LogP) is 1.81. The molecule has 1 atom stereocenters. The van der Waals surface area contributed by atoms with Crippen LogP contribution in [0.15, 0.2) is 30.6 Å². The van der Waals surface area contributed by atoms with Crippen molar-refractivity contribution < 1.29 is 4.79 Å². The first-order valence-corrected chi connectivity index (χ1v) is 7.07. The highest BCUT2D eigenvalue weighted by atomic mass is 16.1. The Balaban J connectivity index is 2.05. The van der Waals surface area contributed by atoms with Crippen LogP contribution in [0.3, 0.4) is 0 Å². The smallest absolute Gasteiger partial charge is 0.225 e. The summed E-state index contributed by atoms with van der Waals surface area (Å²) in [7, 11) is 1.89. The van der Waals surface area contributed by atoms with Gasteiger partial charge in [-0.1, -0.05) is 19.1 Å². The van der Waals surface area contributed by atoms with E-state index in [-0.39, 0.29) is 11.9 Å². The second-order valence-electron chi connectivity index (χ2n) is 5.06. The number of aromatic nitrogens is 3. The van der Waals surface area contributed by atoms with Crippen molar-refractivity contribution in [2.75, 3.05) is 11.9 Å². The Kier molecular flexibility index (Phi) is 5.05. The Bertz CT molecular complexity index is 608. The monoisotopic (exact) mass is 287 g/mol. The fourth-order valence-electron chi connectivity index (χ4n) is 2.19. The van der Waals surface area contributed by atoms with E-state index in [1.54, 1.807) is 6.33 Å². The first kappa shape index (κ1) is 15.2. The van der Waals surface area contributed by atoms with Crippen molar-refractivity contribution in [3.63, 3.8) is 0 Å². The Hall–Kier alpha value is -2.21. The number of nitrogens with one attached hydrogen (secondary N) is 2. The van der Waals surface area contributed by atoms with Gasteiger partial charge in [0, 0.05) is 30.8 Å². The molecule has 6 heteroatoms. The lowest BCUT2D eigenvalue weighted by Gasteiger charge is -2.12. The maximum atomic E-state index is 12.0. The van der Waals surface area contributed by atoms with Crippen LogP contribution < -0.4 is 10.6 Å². The predicted molar refractivity (Wildman–Crippen MR) is 82.8 cm³/mol. The van der Waals surface area contributed by atoms with Crippen LogP contribution in [0.4, 0.5) is 5.69 Å². The van der Waals surface area contributed by atoms with Gasteiger partial charge in [-0.2, -0.15) is 0 Å². The Morgan fingerprint density at radius 3 is 2.90 bits per heavy atom. The zero-order valence-electron chi connectivity index (χ0n) is 12.6. The summed E-state index contributed by atoms with van der Waals surface area (Å²) in [6.07, 6.45) is 2.10. The third kappa shape index (κ3) is 4.13. The summed E-state index contributed by atoms with van der Waals surface area (Å²) in [5, 5.41) is 14.1. The van der Waals surface area contributed by atoms with E-state index in [1.165, 1.54) is 0 Å². The largest absolute Gasteiger partial charge is 0.326 e. The van der Waals surface area contributed by atoms with Gasteiger partial charge >= 0.3 is 0 Å². The number of carbonyl (C=O) groups excluding carboxylic acids is 1. The normalized spacial score (nSPS) is 12.1. The SMILES string of the molecule is CCNC(C)CC(=O)Nc1cccc(-c2nncn2C)c1. The Labute approximate surface area is 124 Å². The molecule has 0 spiro atoms. The zero-order chi connectivity index (χ0) is 15.2. The van der Waals surface area contributed by atoms with Crippen LogP contribution in [-0.2, 0) is 11.8 Å². The summed E-state index contributed by atoms with van der Waals surface area (Å²) in [6.45, 7) is 4.88. The van der Waals surface area contributed by atoms with E-state index in [4.69, 9.17) is 0 Å². The van der Waals surface area contributed by atoms with Crippen LogP contribution in [0.5, 0.6) is 0 Å². The van der Waals surface area contributed by atoms with E-state index >= 15 is 0 Å². The number of amides is 1. The van der Waals surface area contributed by atoms with Crippen LogP contribution in [0.2, 0.25) is 0 Å². The van der Waals surface area contributed by atoms with Gasteiger partial charge in [-0.25, -0.2) is 0 Å². The molecular formula is C15H21N5O. The molecule has 0 aliphatic heterocycles. The number of hydrogen-bond donors (Lipinski definition) is 2. The van der Waals surface area contributed by atoms with E-state index in [0.29, 0.717) is 6.42 Å². The minimum atomic E-state index is -0.00133. The molecule has 6 nitrogen and oxygen atoms in total. The number of benzene rings is 1. The summed E-state index contributed by atoms with van der Waals surface area (Å²) in [4.78, 5) is 12.0. The summed E-state index contributed by atoms with van der Waals surface area (Å²) in [5.74, 6) is 0.769. The van der Waals surface area contributed by atoms with Crippen molar-refractivity contribution in [1.29, 1.82) is 0 Å². The molecule has 1 unspecified atom stereocenters. The fraction of sp³-hybridized carbons (Fsp3) is 0.400. The maximum Gasteiger partial charge on any atom is 0.225 e. The number of rotatable bonds is 6. The van der Waals surface area contributed by atoms with E-state index in [9.17, 15) is 4.79 Å². The van der Waals surface area contributed by atoms with Crippen molar-refractivity contribution in [3.8, 4) is 11.4 Å². The summed E-state index contributed by atoms with van der Waals surface area (Å²) in [6, 6.07) is 7.78. The van der Waals surface area contributed by atoms with Crippen molar-refractivity contribution in [2.45, 2.75) is 26.3 Å². The summed E-state index contributed by atoms with van der Waals surface area (Å²) in [5.41, 5.74) is 1.69. The van der Waals surface area contributed by atoms with Gasteiger partial charge in [-0.05, 0) is 25.6 Å². The molecule has 112 valence electrons. The molecule has 21 heavy (non-hydrogen) atoms. The van der Waals surface area contributed by atoms with Gasteiger partial charge in [0.2, 0.25) is 5.91 Å². The molecule has 0 bridgehead atoms. The van der Waals surface area contributed by atoms with E-state index in [1.807, 2.05) is 49.7 Å². The van der Waals surface area contributed by atoms with Crippen LogP contribution in [0.1, 0.15) is 20.3 Å². The quantitative estimate of drug-likeness (QED) is 0.850. The highest BCUT2D eigenvalue weighted by molar-refractivity contribution is 5.91. The molecule has 2 N–H and O–H groups in total. The molecule has 1 aromatic heterocycles. The number of hydrogen-bond acceptors (Lipinski definition) is 4. The molecule has 2 rings (SSSR count). The van der Waals surface area contributed by atoms with Crippen LogP contribution >= 0.6 is 0 Å². The average Bonchev–Trinajstić information content (AvgIpc) is 2.85. The van der Waals surface area contributed by atoms with Gasteiger partial charge in [0.1, 0.15) is 6.33 Å². The highest BCUT2D eigenvalue weighted by Gasteiger charge is 2.10. The van der Waals surface area contributed by atoms with Crippen molar-refractivity contribution >= 4 is 11.6 Å². The molecule has 1 aromatic carbocycles. The fourth-order valence-corrected chi connectivity index (χ4v) is 2.19. The molecular weight excluding hydrogens is 266 g/mol. The molecule has 1 heterocycles. The minimum Gasteiger partial charge on any atom is -0.326 e. The first-order chi connectivity index (χ1) is 10.1. The van der Waals surface area contributed by atoms with Gasteiger partial charge in [0.25, 0.3) is 0 Å². The lowest BCUT2D eigenvalue weighted by atomic mass is 10.1. The molecule has 2 aromatic rings. The molecule has 0 fully saturated rings. The first-order valence-electron chi connectivity index (χ1n) is 7.07. The summed E-state index contributed by atoms with van der Waals surface area (Å²) >= 11 is 0. The number of carbonyl (C=O) groups is 1. The van der Waals surface area contributed by atoms with E-state index in [0.717, 1.165) is 23.6 Å². The number of anilines is 1. The molecule has 1 amide bonds.